The van der Waals surface area contributed by atoms with Crippen molar-refractivity contribution in [2.75, 3.05) is 25.9 Å². The molecule has 0 aliphatic carbocycles. The predicted molar refractivity (Wildman–Crippen MR) is 67.7 cm³/mol. The fraction of sp³-hybridized carbons (Fsp3) is 0.818. The number of amidine groups is 1. The molecule has 0 bridgehead atoms. The molecular weight excluding hydrogens is 222 g/mol. The average molecular weight is 241 g/mol. The van der Waals surface area contributed by atoms with Crippen molar-refractivity contribution < 1.29 is 4.79 Å². The highest BCUT2D eigenvalue weighted by atomic mass is 32.2. The van der Waals surface area contributed by atoms with E-state index in [-0.39, 0.29) is 5.91 Å². The molecule has 5 heteroatoms. The molecular formula is C11H19N3OS. The highest BCUT2D eigenvalue weighted by Crippen LogP contribution is 2.17. The van der Waals surface area contributed by atoms with Gasteiger partial charge in [0.05, 0.1) is 0 Å². The molecule has 1 N–H and O–H groups in total. The van der Waals surface area contributed by atoms with Gasteiger partial charge in [-0.15, -0.1) is 0 Å². The van der Waals surface area contributed by atoms with Gasteiger partial charge in [0.2, 0.25) is 5.91 Å². The normalized spacial score (nSPS) is 31.2. The first-order valence-electron chi connectivity index (χ1n) is 5.83. The summed E-state index contributed by atoms with van der Waals surface area (Å²) in [5.74, 6) is 2.09. The minimum Gasteiger partial charge on any atom is -0.360 e. The largest absolute Gasteiger partial charge is 0.360 e. The van der Waals surface area contributed by atoms with Crippen LogP contribution in [-0.4, -0.2) is 47.9 Å². The van der Waals surface area contributed by atoms with Gasteiger partial charge >= 0.3 is 0 Å². The van der Waals surface area contributed by atoms with Crippen molar-refractivity contribution in [2.45, 2.75) is 25.8 Å². The molecule has 0 saturated carbocycles. The summed E-state index contributed by atoms with van der Waals surface area (Å²) in [6.45, 7) is 3.95. The molecule has 2 heterocycles. The van der Waals surface area contributed by atoms with E-state index in [0.717, 1.165) is 30.4 Å². The van der Waals surface area contributed by atoms with Crippen LogP contribution in [0.5, 0.6) is 0 Å². The van der Waals surface area contributed by atoms with Crippen LogP contribution in [0.25, 0.3) is 0 Å². The average Bonchev–Trinajstić information content (AvgIpc) is 2.27. The predicted octanol–water partition coefficient (Wildman–Crippen LogP) is 0.936. The van der Waals surface area contributed by atoms with Crippen LogP contribution in [-0.2, 0) is 4.79 Å². The number of nitrogens with one attached hydrogen (secondary N) is 1. The van der Waals surface area contributed by atoms with Gasteiger partial charge in [0.1, 0.15) is 0 Å². The first-order valence-corrected chi connectivity index (χ1v) is 6.81. The zero-order valence-corrected chi connectivity index (χ0v) is 10.7. The van der Waals surface area contributed by atoms with E-state index < -0.39 is 0 Å². The third-order valence-electron chi connectivity index (χ3n) is 3.01. The monoisotopic (exact) mass is 241 g/mol. The van der Waals surface area contributed by atoms with Gasteiger partial charge in [-0.25, -0.2) is 0 Å². The van der Waals surface area contributed by atoms with E-state index in [0.29, 0.717) is 18.4 Å². The Morgan fingerprint density at radius 2 is 2.38 bits per heavy atom. The summed E-state index contributed by atoms with van der Waals surface area (Å²) in [5.41, 5.74) is 0. The Hall–Kier alpha value is -0.710. The van der Waals surface area contributed by atoms with Crippen molar-refractivity contribution in [1.82, 2.24) is 10.2 Å². The molecule has 2 aliphatic rings. The summed E-state index contributed by atoms with van der Waals surface area (Å²) in [6.07, 6.45) is 1.58. The number of likely N-dealkylation sites (tertiary alicyclic amines) is 1. The molecule has 4 nitrogen and oxygen atoms in total. The fourth-order valence-corrected chi connectivity index (χ4v) is 2.91. The minimum atomic E-state index is 0.255. The van der Waals surface area contributed by atoms with Crippen molar-refractivity contribution >= 4 is 22.8 Å². The molecule has 16 heavy (non-hydrogen) atoms. The molecule has 1 fully saturated rings. The number of likely N-dealkylation sites (N-methyl/N-ethyl adjacent to an activating group) is 1. The van der Waals surface area contributed by atoms with Gasteiger partial charge < -0.3 is 10.2 Å². The number of nitrogens with zero attached hydrogens (tertiary/aromatic N) is 2. The Labute approximate surface area is 101 Å². The van der Waals surface area contributed by atoms with Gasteiger partial charge in [-0.1, -0.05) is 18.7 Å². The fourth-order valence-electron chi connectivity index (χ4n) is 1.95. The lowest BCUT2D eigenvalue weighted by Gasteiger charge is -2.31. The number of thioether (sulfide) groups is 1. The summed E-state index contributed by atoms with van der Waals surface area (Å²) < 4.78 is 0. The van der Waals surface area contributed by atoms with Crippen molar-refractivity contribution in [3.8, 4) is 0 Å². The van der Waals surface area contributed by atoms with E-state index in [9.17, 15) is 4.79 Å². The second kappa shape index (κ2) is 5.08. The van der Waals surface area contributed by atoms with Crippen molar-refractivity contribution in [2.24, 2.45) is 10.9 Å². The van der Waals surface area contributed by atoms with Crippen LogP contribution in [0.1, 0.15) is 19.8 Å². The lowest BCUT2D eigenvalue weighted by molar-refractivity contribution is -0.132. The quantitative estimate of drug-likeness (QED) is 0.743. The SMILES string of the molecule is CC1CN=C(NC2CCC(=O)N(C)C2)SC1. The molecule has 90 valence electrons. The van der Waals surface area contributed by atoms with Crippen LogP contribution in [0.15, 0.2) is 4.99 Å². The standard InChI is InChI=1S/C11H19N3OS/c1-8-5-12-11(16-7-8)13-9-3-4-10(15)14(2)6-9/h8-9H,3-7H2,1-2H3,(H,12,13). The van der Waals surface area contributed by atoms with E-state index >= 15 is 0 Å². The number of hydrogen-bond donors (Lipinski definition) is 1. The van der Waals surface area contributed by atoms with Crippen LogP contribution in [0.4, 0.5) is 0 Å². The van der Waals surface area contributed by atoms with Crippen molar-refractivity contribution in [3.63, 3.8) is 0 Å². The zero-order chi connectivity index (χ0) is 11.5. The van der Waals surface area contributed by atoms with E-state index in [2.05, 4.69) is 17.2 Å². The van der Waals surface area contributed by atoms with Crippen LogP contribution in [0.2, 0.25) is 0 Å². The number of rotatable bonds is 1. The third-order valence-corrected chi connectivity index (χ3v) is 4.26. The smallest absolute Gasteiger partial charge is 0.222 e. The Kier molecular flexibility index (Phi) is 3.74. The molecule has 1 amide bonds. The lowest BCUT2D eigenvalue weighted by atomic mass is 10.1. The summed E-state index contributed by atoms with van der Waals surface area (Å²) >= 11 is 1.80. The maximum absolute atomic E-state index is 11.3. The van der Waals surface area contributed by atoms with E-state index in [1.54, 1.807) is 16.7 Å². The minimum absolute atomic E-state index is 0.255. The number of carbonyl (C=O) groups excluding carboxylic acids is 1. The van der Waals surface area contributed by atoms with Crippen LogP contribution in [0, 0.1) is 5.92 Å². The van der Waals surface area contributed by atoms with Gasteiger partial charge in [0, 0.05) is 38.4 Å². The Bertz CT molecular complexity index is 306. The second-order valence-corrected chi connectivity index (χ2v) is 5.72. The summed E-state index contributed by atoms with van der Waals surface area (Å²) in [6, 6.07) is 0.377. The molecule has 2 rings (SSSR count). The van der Waals surface area contributed by atoms with Crippen LogP contribution >= 0.6 is 11.8 Å². The highest BCUT2D eigenvalue weighted by Gasteiger charge is 2.24. The first kappa shape index (κ1) is 11.8. The summed E-state index contributed by atoms with van der Waals surface area (Å²) in [4.78, 5) is 17.7. The third kappa shape index (κ3) is 2.90. The van der Waals surface area contributed by atoms with Gasteiger partial charge in [-0.2, -0.15) is 0 Å². The maximum atomic E-state index is 11.3. The van der Waals surface area contributed by atoms with Gasteiger partial charge in [0.25, 0.3) is 0 Å². The molecule has 0 aromatic carbocycles. The highest BCUT2D eigenvalue weighted by molar-refractivity contribution is 8.13. The van der Waals surface area contributed by atoms with Crippen molar-refractivity contribution in [1.29, 1.82) is 0 Å². The van der Waals surface area contributed by atoms with E-state index in [4.69, 9.17) is 0 Å². The molecule has 0 aromatic heterocycles. The summed E-state index contributed by atoms with van der Waals surface area (Å²) in [5, 5.41) is 4.51. The Morgan fingerprint density at radius 1 is 1.56 bits per heavy atom. The van der Waals surface area contributed by atoms with E-state index in [1.165, 1.54) is 0 Å². The molecule has 0 aromatic rings. The first-order chi connectivity index (χ1) is 7.65. The van der Waals surface area contributed by atoms with Gasteiger partial charge in [-0.05, 0) is 12.3 Å². The zero-order valence-electron chi connectivity index (χ0n) is 9.90. The Balaban J connectivity index is 1.84. The van der Waals surface area contributed by atoms with Crippen LogP contribution < -0.4 is 5.32 Å². The Morgan fingerprint density at radius 3 is 3.00 bits per heavy atom. The topological polar surface area (TPSA) is 44.7 Å². The molecule has 1 saturated heterocycles. The number of hydrogen-bond acceptors (Lipinski definition) is 4. The lowest BCUT2D eigenvalue weighted by Crippen LogP contribution is -2.48. The molecule has 2 aliphatic heterocycles. The molecule has 0 spiro atoms. The van der Waals surface area contributed by atoms with Crippen molar-refractivity contribution in [3.05, 3.63) is 0 Å². The molecule has 2 atom stereocenters. The van der Waals surface area contributed by atoms with E-state index in [1.807, 2.05) is 7.05 Å². The maximum Gasteiger partial charge on any atom is 0.222 e. The number of amides is 1. The number of piperidine rings is 1. The molecule has 2 unspecified atom stereocenters. The van der Waals surface area contributed by atoms with Gasteiger partial charge in [-0.3, -0.25) is 9.79 Å². The second-order valence-electron chi connectivity index (χ2n) is 4.72. The number of carbonyl (C=O) groups is 1. The summed E-state index contributed by atoms with van der Waals surface area (Å²) in [7, 11) is 1.87. The van der Waals surface area contributed by atoms with Crippen LogP contribution in [0.3, 0.4) is 0 Å². The van der Waals surface area contributed by atoms with Gasteiger partial charge in [0.15, 0.2) is 5.17 Å². The number of aliphatic imine (C=N–C) groups is 1. The molecule has 0 radical (unpaired) electrons.